The summed E-state index contributed by atoms with van der Waals surface area (Å²) in [5, 5.41) is 7.20. The molecule has 30 heavy (non-hydrogen) atoms. The van der Waals surface area contributed by atoms with Crippen LogP contribution < -0.4 is 24.8 Å². The Hall–Kier alpha value is -3.55. The molecule has 4 rings (SSSR count). The number of carbonyl (C=O) groups excluding carboxylic acids is 1. The van der Waals surface area contributed by atoms with Crippen molar-refractivity contribution in [2.45, 2.75) is 6.42 Å². The molecule has 2 aromatic heterocycles. The van der Waals surface area contributed by atoms with E-state index < -0.39 is 0 Å². The summed E-state index contributed by atoms with van der Waals surface area (Å²) in [5.74, 6) is 2.69. The first-order chi connectivity index (χ1) is 14.6. The van der Waals surface area contributed by atoms with Crippen molar-refractivity contribution in [1.82, 2.24) is 15.3 Å². The largest absolute Gasteiger partial charge is 0.493 e. The monoisotopic (exact) mass is 408 g/mol. The summed E-state index contributed by atoms with van der Waals surface area (Å²) in [7, 11) is 4.74. The van der Waals surface area contributed by atoms with Crippen LogP contribution in [0, 0.1) is 5.92 Å². The molecule has 0 unspecified atom stereocenters. The van der Waals surface area contributed by atoms with E-state index in [9.17, 15) is 4.79 Å². The summed E-state index contributed by atoms with van der Waals surface area (Å²) in [6.07, 6.45) is 2.28. The summed E-state index contributed by atoms with van der Waals surface area (Å²) in [6.45, 7) is 1.32. The van der Waals surface area contributed by atoms with Crippen LogP contribution in [-0.2, 0) is 4.79 Å². The number of aromatic nitrogens is 2. The topological polar surface area (TPSA) is 94.6 Å². The Balaban J connectivity index is 1.75. The molecule has 0 saturated carbocycles. The normalized spacial score (nSPS) is 15.7. The predicted molar refractivity (Wildman–Crippen MR) is 114 cm³/mol. The Bertz CT molecular complexity index is 1060. The molecule has 3 aromatic rings. The maximum atomic E-state index is 11.5. The lowest BCUT2D eigenvalue weighted by atomic mass is 10.1. The van der Waals surface area contributed by atoms with E-state index in [1.807, 2.05) is 30.3 Å². The second-order valence-corrected chi connectivity index (χ2v) is 7.10. The average Bonchev–Trinajstić information content (AvgIpc) is 3.21. The van der Waals surface area contributed by atoms with Crippen LogP contribution >= 0.6 is 0 Å². The zero-order valence-corrected chi connectivity index (χ0v) is 17.2. The van der Waals surface area contributed by atoms with Crippen molar-refractivity contribution in [2.75, 3.05) is 39.7 Å². The number of methoxy groups -OCH3 is 3. The second kappa shape index (κ2) is 8.44. The lowest BCUT2D eigenvalue weighted by Crippen LogP contribution is -2.18. The molecule has 8 nitrogen and oxygen atoms in total. The van der Waals surface area contributed by atoms with Crippen LogP contribution in [0.15, 0.2) is 36.5 Å². The van der Waals surface area contributed by atoms with Crippen molar-refractivity contribution in [3.63, 3.8) is 0 Å². The average molecular weight is 408 g/mol. The number of benzene rings is 1. The van der Waals surface area contributed by atoms with E-state index in [0.717, 1.165) is 28.0 Å². The fraction of sp³-hybridized carbons (Fsp3) is 0.318. The van der Waals surface area contributed by atoms with E-state index in [1.165, 1.54) is 0 Å². The Morgan fingerprint density at radius 1 is 1.13 bits per heavy atom. The van der Waals surface area contributed by atoms with Crippen molar-refractivity contribution in [3.05, 3.63) is 36.5 Å². The highest BCUT2D eigenvalue weighted by molar-refractivity contribution is 5.92. The molecule has 1 aromatic carbocycles. The van der Waals surface area contributed by atoms with Crippen LogP contribution in [0.1, 0.15) is 6.42 Å². The van der Waals surface area contributed by atoms with Crippen LogP contribution in [0.2, 0.25) is 0 Å². The Kier molecular flexibility index (Phi) is 5.56. The maximum Gasteiger partial charge on any atom is 0.220 e. The molecule has 8 heteroatoms. The molecule has 2 N–H and O–H groups in total. The molecule has 0 spiro atoms. The van der Waals surface area contributed by atoms with E-state index in [1.54, 1.807) is 27.5 Å². The van der Waals surface area contributed by atoms with Crippen LogP contribution in [0.4, 0.5) is 5.82 Å². The van der Waals surface area contributed by atoms with Crippen molar-refractivity contribution in [2.24, 2.45) is 5.92 Å². The highest BCUT2D eigenvalue weighted by Crippen LogP contribution is 2.41. The molecule has 1 aliphatic heterocycles. The van der Waals surface area contributed by atoms with Crippen LogP contribution in [0.3, 0.4) is 0 Å². The van der Waals surface area contributed by atoms with Gasteiger partial charge in [-0.3, -0.25) is 9.78 Å². The third kappa shape index (κ3) is 3.80. The quantitative estimate of drug-likeness (QED) is 0.621. The first-order valence-electron chi connectivity index (χ1n) is 9.69. The number of ether oxygens (including phenoxy) is 3. The molecule has 1 fully saturated rings. The second-order valence-electron chi connectivity index (χ2n) is 7.10. The molecule has 156 valence electrons. The first-order valence-corrected chi connectivity index (χ1v) is 9.69. The van der Waals surface area contributed by atoms with Crippen LogP contribution in [0.5, 0.6) is 17.2 Å². The molecule has 3 heterocycles. The summed E-state index contributed by atoms with van der Waals surface area (Å²) < 4.78 is 16.4. The van der Waals surface area contributed by atoms with Crippen LogP contribution in [-0.4, -0.2) is 50.3 Å². The third-order valence-electron chi connectivity index (χ3n) is 5.18. The molecule has 0 bridgehead atoms. The van der Waals surface area contributed by atoms with Gasteiger partial charge in [0.15, 0.2) is 11.5 Å². The van der Waals surface area contributed by atoms with E-state index in [0.29, 0.717) is 36.8 Å². The van der Waals surface area contributed by atoms with Gasteiger partial charge in [-0.1, -0.05) is 0 Å². The van der Waals surface area contributed by atoms with Gasteiger partial charge in [-0.2, -0.15) is 0 Å². The van der Waals surface area contributed by atoms with E-state index in [2.05, 4.69) is 15.6 Å². The number of nitrogens with one attached hydrogen (secondary N) is 2. The van der Waals surface area contributed by atoms with Crippen LogP contribution in [0.25, 0.3) is 22.2 Å². The van der Waals surface area contributed by atoms with E-state index in [-0.39, 0.29) is 11.8 Å². The van der Waals surface area contributed by atoms with Gasteiger partial charge in [0.05, 0.1) is 32.5 Å². The summed E-state index contributed by atoms with van der Waals surface area (Å²) >= 11 is 0. The zero-order chi connectivity index (χ0) is 21.1. The maximum absolute atomic E-state index is 11.5. The first kappa shape index (κ1) is 19.8. The smallest absolute Gasteiger partial charge is 0.220 e. The van der Waals surface area contributed by atoms with Gasteiger partial charge in [0, 0.05) is 42.6 Å². The van der Waals surface area contributed by atoms with Gasteiger partial charge in [0.1, 0.15) is 5.82 Å². The van der Waals surface area contributed by atoms with Gasteiger partial charge < -0.3 is 24.8 Å². The fourth-order valence-corrected chi connectivity index (χ4v) is 3.64. The minimum atomic E-state index is 0.0902. The number of carbonyl (C=O) groups is 1. The molecule has 1 amide bonds. The molecular weight excluding hydrogens is 384 g/mol. The molecule has 1 atom stereocenters. The number of nitrogens with zero attached hydrogens (tertiary/aromatic N) is 2. The molecule has 0 radical (unpaired) electrons. The molecule has 1 aliphatic rings. The number of rotatable bonds is 7. The standard InChI is InChI=1S/C22H24N4O4/c1-28-18-8-14(9-19(29-2)21(18)30-3)16-10-17-15(5-4-6-23-17)22(26-16)25-12-13-7-20(27)24-11-13/h4-6,8-10,13H,7,11-12H2,1-3H3,(H,24,27)(H,25,26)/t13-/m1/s1. The Morgan fingerprint density at radius 3 is 2.53 bits per heavy atom. The minimum Gasteiger partial charge on any atom is -0.493 e. The van der Waals surface area contributed by atoms with Gasteiger partial charge in [-0.05, 0) is 30.3 Å². The number of anilines is 1. The van der Waals surface area contributed by atoms with Crippen molar-refractivity contribution in [3.8, 4) is 28.5 Å². The predicted octanol–water partition coefficient (Wildman–Crippen LogP) is 2.87. The van der Waals surface area contributed by atoms with Gasteiger partial charge >= 0.3 is 0 Å². The van der Waals surface area contributed by atoms with E-state index >= 15 is 0 Å². The van der Waals surface area contributed by atoms with Gasteiger partial charge in [-0.25, -0.2) is 4.98 Å². The third-order valence-corrected chi connectivity index (χ3v) is 5.18. The fourth-order valence-electron chi connectivity index (χ4n) is 3.64. The molecule has 1 saturated heterocycles. The number of pyridine rings is 2. The van der Waals surface area contributed by atoms with Gasteiger partial charge in [0.25, 0.3) is 0 Å². The summed E-state index contributed by atoms with van der Waals surface area (Å²) in [4.78, 5) is 20.8. The summed E-state index contributed by atoms with van der Waals surface area (Å²) in [6, 6.07) is 9.52. The Labute approximate surface area is 174 Å². The number of amides is 1. The van der Waals surface area contributed by atoms with Crippen molar-refractivity contribution >= 4 is 22.6 Å². The SMILES string of the molecule is COc1cc(-c2cc3ncccc3c(NC[C@H]3CNC(=O)C3)n2)cc(OC)c1OC. The number of hydrogen-bond donors (Lipinski definition) is 2. The summed E-state index contributed by atoms with van der Waals surface area (Å²) in [5.41, 5.74) is 2.36. The number of fused-ring (bicyclic) bond motifs is 1. The highest BCUT2D eigenvalue weighted by atomic mass is 16.5. The van der Waals surface area contributed by atoms with Crippen molar-refractivity contribution in [1.29, 1.82) is 0 Å². The van der Waals surface area contributed by atoms with Gasteiger partial charge in [0.2, 0.25) is 11.7 Å². The number of hydrogen-bond acceptors (Lipinski definition) is 7. The lowest BCUT2D eigenvalue weighted by molar-refractivity contribution is -0.119. The Morgan fingerprint density at radius 2 is 1.90 bits per heavy atom. The zero-order valence-electron chi connectivity index (χ0n) is 17.2. The van der Waals surface area contributed by atoms with E-state index in [4.69, 9.17) is 19.2 Å². The molecular formula is C22H24N4O4. The van der Waals surface area contributed by atoms with Crippen molar-refractivity contribution < 1.29 is 19.0 Å². The highest BCUT2D eigenvalue weighted by Gasteiger charge is 2.22. The van der Waals surface area contributed by atoms with Gasteiger partial charge in [-0.15, -0.1) is 0 Å². The minimum absolute atomic E-state index is 0.0902. The molecule has 0 aliphatic carbocycles. The lowest BCUT2D eigenvalue weighted by Gasteiger charge is -2.16.